The zero-order chi connectivity index (χ0) is 15.6. The van der Waals surface area contributed by atoms with Crippen molar-refractivity contribution in [2.24, 2.45) is 5.41 Å². The summed E-state index contributed by atoms with van der Waals surface area (Å²) in [5, 5.41) is 2.80. The smallest absolute Gasteiger partial charge is 0.406 e. The van der Waals surface area contributed by atoms with Gasteiger partial charge in [0.05, 0.1) is 6.04 Å². The number of hydrogen-bond acceptors (Lipinski definition) is 2. The summed E-state index contributed by atoms with van der Waals surface area (Å²) in [5.74, 6) is -0.406. The molecule has 0 unspecified atom stereocenters. The van der Waals surface area contributed by atoms with Crippen molar-refractivity contribution in [1.82, 2.24) is 5.32 Å². The van der Waals surface area contributed by atoms with Crippen LogP contribution in [-0.4, -0.2) is 12.3 Å². The Kier molecular flexibility index (Phi) is 4.68. The number of halogens is 3. The van der Waals surface area contributed by atoms with Crippen LogP contribution in [0.5, 0.6) is 5.75 Å². The van der Waals surface area contributed by atoms with Crippen LogP contribution in [0, 0.1) is 5.41 Å². The van der Waals surface area contributed by atoms with Gasteiger partial charge >= 0.3 is 6.36 Å². The first-order valence-corrected chi connectivity index (χ1v) is 6.16. The van der Waals surface area contributed by atoms with Crippen molar-refractivity contribution >= 4 is 5.91 Å². The SMILES string of the molecule is C[C@H](NC(=O)C(C)(C)C)c1ccc(OC(F)(F)F)cc1. The van der Waals surface area contributed by atoms with Gasteiger partial charge in [-0.25, -0.2) is 0 Å². The summed E-state index contributed by atoms with van der Waals surface area (Å²) in [7, 11) is 0. The highest BCUT2D eigenvalue weighted by Crippen LogP contribution is 2.25. The maximum atomic E-state index is 12.0. The Bertz CT molecular complexity index is 461. The van der Waals surface area contributed by atoms with Crippen molar-refractivity contribution in [3.05, 3.63) is 29.8 Å². The van der Waals surface area contributed by atoms with Gasteiger partial charge in [0.15, 0.2) is 0 Å². The molecule has 112 valence electrons. The van der Waals surface area contributed by atoms with Crippen molar-refractivity contribution in [1.29, 1.82) is 0 Å². The monoisotopic (exact) mass is 289 g/mol. The lowest BCUT2D eigenvalue weighted by molar-refractivity contribution is -0.274. The number of amides is 1. The molecule has 0 aliphatic rings. The summed E-state index contributed by atoms with van der Waals surface area (Å²) >= 11 is 0. The normalized spacial score (nSPS) is 13.8. The Morgan fingerprint density at radius 2 is 1.65 bits per heavy atom. The van der Waals surface area contributed by atoms with Crippen molar-refractivity contribution in [3.8, 4) is 5.75 Å². The standard InChI is InChI=1S/C14H18F3NO2/c1-9(18-12(19)13(2,3)4)10-5-7-11(8-6-10)20-14(15,16)17/h5-9H,1-4H3,(H,18,19)/t9-/m0/s1. The molecule has 1 rings (SSSR count). The van der Waals surface area contributed by atoms with Crippen molar-refractivity contribution < 1.29 is 22.7 Å². The third-order valence-corrected chi connectivity index (χ3v) is 2.64. The van der Waals surface area contributed by atoms with Gasteiger partial charge in [0.1, 0.15) is 5.75 Å². The molecular formula is C14H18F3NO2. The molecule has 0 aliphatic heterocycles. The summed E-state index contributed by atoms with van der Waals surface area (Å²) in [6.45, 7) is 7.13. The van der Waals surface area contributed by atoms with E-state index in [1.165, 1.54) is 24.3 Å². The number of alkyl halides is 3. The molecule has 6 heteroatoms. The van der Waals surface area contributed by atoms with Crippen LogP contribution < -0.4 is 10.1 Å². The highest BCUT2D eigenvalue weighted by Gasteiger charge is 2.31. The molecule has 0 heterocycles. The van der Waals surface area contributed by atoms with E-state index >= 15 is 0 Å². The average Bonchev–Trinajstić information content (AvgIpc) is 2.26. The number of carbonyl (C=O) groups excluding carboxylic acids is 1. The second kappa shape index (κ2) is 5.73. The molecule has 1 N–H and O–H groups in total. The van der Waals surface area contributed by atoms with E-state index in [1.54, 1.807) is 27.7 Å². The Labute approximate surface area is 116 Å². The number of benzene rings is 1. The van der Waals surface area contributed by atoms with Gasteiger partial charge < -0.3 is 10.1 Å². The van der Waals surface area contributed by atoms with Crippen molar-refractivity contribution in [2.45, 2.75) is 40.1 Å². The number of rotatable bonds is 3. The zero-order valence-electron chi connectivity index (χ0n) is 11.8. The Hall–Kier alpha value is -1.72. The van der Waals surface area contributed by atoms with E-state index in [4.69, 9.17) is 0 Å². The highest BCUT2D eigenvalue weighted by atomic mass is 19.4. The van der Waals surface area contributed by atoms with Crippen LogP contribution in [0.25, 0.3) is 0 Å². The van der Waals surface area contributed by atoms with E-state index in [9.17, 15) is 18.0 Å². The largest absolute Gasteiger partial charge is 0.573 e. The van der Waals surface area contributed by atoms with Crippen LogP contribution in [0.4, 0.5) is 13.2 Å². The van der Waals surface area contributed by atoms with Crippen LogP contribution in [-0.2, 0) is 4.79 Å². The quantitative estimate of drug-likeness (QED) is 0.919. The maximum Gasteiger partial charge on any atom is 0.573 e. The number of ether oxygens (including phenoxy) is 1. The average molecular weight is 289 g/mol. The fourth-order valence-corrected chi connectivity index (χ4v) is 1.45. The third kappa shape index (κ3) is 5.11. The second-order valence-electron chi connectivity index (χ2n) is 5.56. The Morgan fingerprint density at radius 1 is 1.15 bits per heavy atom. The molecule has 0 radical (unpaired) electrons. The van der Waals surface area contributed by atoms with Gasteiger partial charge in [0.25, 0.3) is 0 Å². The van der Waals surface area contributed by atoms with Gasteiger partial charge in [-0.3, -0.25) is 4.79 Å². The van der Waals surface area contributed by atoms with Gasteiger partial charge in [-0.15, -0.1) is 13.2 Å². The van der Waals surface area contributed by atoms with Crippen molar-refractivity contribution in [2.75, 3.05) is 0 Å². The minimum absolute atomic E-state index is 0.124. The summed E-state index contributed by atoms with van der Waals surface area (Å²) in [6, 6.07) is 5.15. The molecule has 0 fully saturated rings. The predicted octanol–water partition coefficient (Wildman–Crippen LogP) is 3.81. The van der Waals surface area contributed by atoms with E-state index in [2.05, 4.69) is 10.1 Å². The maximum absolute atomic E-state index is 12.0. The molecule has 0 bridgehead atoms. The van der Waals surface area contributed by atoms with Gasteiger partial charge in [0, 0.05) is 5.41 Å². The third-order valence-electron chi connectivity index (χ3n) is 2.64. The lowest BCUT2D eigenvalue weighted by atomic mass is 9.94. The molecular weight excluding hydrogens is 271 g/mol. The molecule has 0 spiro atoms. The lowest BCUT2D eigenvalue weighted by Crippen LogP contribution is -2.36. The minimum atomic E-state index is -4.70. The topological polar surface area (TPSA) is 38.3 Å². The summed E-state index contributed by atoms with van der Waals surface area (Å²) < 4.78 is 39.9. The molecule has 20 heavy (non-hydrogen) atoms. The molecule has 0 aliphatic carbocycles. The van der Waals surface area contributed by atoms with Gasteiger partial charge in [-0.2, -0.15) is 0 Å². The molecule has 0 saturated heterocycles. The summed E-state index contributed by atoms with van der Waals surface area (Å²) in [5.41, 5.74) is 0.185. The second-order valence-corrected chi connectivity index (χ2v) is 5.56. The first kappa shape index (κ1) is 16.3. The molecule has 1 aromatic rings. The van der Waals surface area contributed by atoms with Crippen LogP contribution in [0.3, 0.4) is 0 Å². The fraction of sp³-hybridized carbons (Fsp3) is 0.500. The van der Waals surface area contributed by atoms with Crippen LogP contribution >= 0.6 is 0 Å². The van der Waals surface area contributed by atoms with Crippen LogP contribution in [0.15, 0.2) is 24.3 Å². The number of nitrogens with one attached hydrogen (secondary N) is 1. The lowest BCUT2D eigenvalue weighted by Gasteiger charge is -2.22. The van der Waals surface area contributed by atoms with Crippen LogP contribution in [0.2, 0.25) is 0 Å². The highest BCUT2D eigenvalue weighted by molar-refractivity contribution is 5.81. The van der Waals surface area contributed by atoms with Gasteiger partial charge in [-0.1, -0.05) is 32.9 Å². The van der Waals surface area contributed by atoms with E-state index in [0.29, 0.717) is 5.56 Å². The van der Waals surface area contributed by atoms with Gasteiger partial charge in [0.2, 0.25) is 5.91 Å². The van der Waals surface area contributed by atoms with Crippen LogP contribution in [0.1, 0.15) is 39.3 Å². The molecule has 3 nitrogen and oxygen atoms in total. The minimum Gasteiger partial charge on any atom is -0.406 e. The van der Waals surface area contributed by atoms with Gasteiger partial charge in [-0.05, 0) is 24.6 Å². The summed E-state index contributed by atoms with van der Waals surface area (Å²) in [6.07, 6.45) is -4.70. The van der Waals surface area contributed by atoms with Crippen molar-refractivity contribution in [3.63, 3.8) is 0 Å². The van der Waals surface area contributed by atoms with E-state index in [-0.39, 0.29) is 17.7 Å². The zero-order valence-corrected chi connectivity index (χ0v) is 11.8. The summed E-state index contributed by atoms with van der Waals surface area (Å²) in [4.78, 5) is 11.8. The first-order valence-electron chi connectivity index (χ1n) is 6.16. The Balaban J connectivity index is 2.71. The fourth-order valence-electron chi connectivity index (χ4n) is 1.45. The molecule has 1 amide bonds. The Morgan fingerprint density at radius 3 is 2.05 bits per heavy atom. The number of carbonyl (C=O) groups is 1. The molecule has 0 saturated carbocycles. The molecule has 1 aromatic carbocycles. The van der Waals surface area contributed by atoms with E-state index in [0.717, 1.165) is 0 Å². The number of hydrogen-bond donors (Lipinski definition) is 1. The predicted molar refractivity (Wildman–Crippen MR) is 69.1 cm³/mol. The van der Waals surface area contributed by atoms with E-state index in [1.807, 2.05) is 0 Å². The first-order chi connectivity index (χ1) is 8.99. The molecule has 1 atom stereocenters. The molecule has 0 aromatic heterocycles. The van der Waals surface area contributed by atoms with E-state index < -0.39 is 11.8 Å².